The number of amides is 1. The summed E-state index contributed by atoms with van der Waals surface area (Å²) < 4.78 is 5.50. The van der Waals surface area contributed by atoms with Gasteiger partial charge in [0.25, 0.3) is 0 Å². The van der Waals surface area contributed by atoms with Gasteiger partial charge in [-0.05, 0) is 20.3 Å². The van der Waals surface area contributed by atoms with Crippen LogP contribution in [-0.2, 0) is 9.53 Å². The fourth-order valence-electron chi connectivity index (χ4n) is 1.62. The molecule has 3 heteroatoms. The van der Waals surface area contributed by atoms with E-state index in [0.29, 0.717) is 0 Å². The second-order valence-corrected chi connectivity index (χ2v) is 3.23. The lowest BCUT2D eigenvalue weighted by Gasteiger charge is -2.21. The van der Waals surface area contributed by atoms with Crippen molar-refractivity contribution >= 4 is 6.41 Å². The molecule has 0 aromatic rings. The minimum atomic E-state index is 0.181. The molecule has 0 aromatic carbocycles. The topological polar surface area (TPSA) is 29.5 Å². The summed E-state index contributed by atoms with van der Waals surface area (Å²) in [5, 5.41) is 0. The van der Waals surface area contributed by atoms with Crippen LogP contribution in [0.3, 0.4) is 0 Å². The van der Waals surface area contributed by atoms with Gasteiger partial charge in [-0.15, -0.1) is 0 Å². The average molecular weight is 157 g/mol. The summed E-state index contributed by atoms with van der Waals surface area (Å²) in [6.45, 7) is 4.04. The fourth-order valence-corrected chi connectivity index (χ4v) is 1.62. The molecule has 0 bridgehead atoms. The van der Waals surface area contributed by atoms with Crippen molar-refractivity contribution in [1.82, 2.24) is 4.90 Å². The van der Waals surface area contributed by atoms with Crippen molar-refractivity contribution in [2.24, 2.45) is 0 Å². The normalized spacial score (nSPS) is 37.2. The molecule has 3 atom stereocenters. The highest BCUT2D eigenvalue weighted by molar-refractivity contribution is 5.47. The molecule has 1 aliphatic rings. The van der Waals surface area contributed by atoms with E-state index in [-0.39, 0.29) is 18.2 Å². The summed E-state index contributed by atoms with van der Waals surface area (Å²) in [6, 6.07) is 0.266. The van der Waals surface area contributed by atoms with E-state index in [2.05, 4.69) is 0 Å². The highest BCUT2D eigenvalue weighted by Gasteiger charge is 2.31. The first-order valence-electron chi connectivity index (χ1n) is 3.98. The monoisotopic (exact) mass is 157 g/mol. The zero-order valence-corrected chi connectivity index (χ0v) is 7.28. The van der Waals surface area contributed by atoms with Crippen molar-refractivity contribution < 1.29 is 9.53 Å². The van der Waals surface area contributed by atoms with Crippen LogP contribution in [0.1, 0.15) is 20.3 Å². The van der Waals surface area contributed by atoms with Gasteiger partial charge < -0.3 is 9.64 Å². The summed E-state index contributed by atoms with van der Waals surface area (Å²) in [5.41, 5.74) is 0. The number of likely N-dealkylation sites (N-methyl/N-ethyl adjacent to an activating group) is 1. The van der Waals surface area contributed by atoms with Crippen molar-refractivity contribution in [3.63, 3.8) is 0 Å². The Morgan fingerprint density at radius 2 is 2.18 bits per heavy atom. The number of carbonyl (C=O) groups excluding carboxylic acids is 1. The summed E-state index contributed by atoms with van der Waals surface area (Å²) in [7, 11) is 1.80. The predicted molar refractivity (Wildman–Crippen MR) is 42.2 cm³/mol. The standard InChI is InChI=1S/C8H15NO2/c1-6-4-8(7(2)11-6)9(3)5-10/h5-8H,4H2,1-3H3. The molecule has 3 nitrogen and oxygen atoms in total. The molecule has 1 amide bonds. The molecule has 1 aliphatic heterocycles. The van der Waals surface area contributed by atoms with Gasteiger partial charge in [-0.3, -0.25) is 4.79 Å². The minimum absolute atomic E-state index is 0.181. The third kappa shape index (κ3) is 1.71. The molecule has 1 rings (SSSR count). The Hall–Kier alpha value is -0.570. The quantitative estimate of drug-likeness (QED) is 0.550. The van der Waals surface area contributed by atoms with Gasteiger partial charge >= 0.3 is 0 Å². The third-order valence-corrected chi connectivity index (χ3v) is 2.25. The number of hydrogen-bond acceptors (Lipinski definition) is 2. The number of rotatable bonds is 2. The first kappa shape index (κ1) is 8.53. The molecular formula is C8H15NO2. The van der Waals surface area contributed by atoms with Crippen molar-refractivity contribution in [2.45, 2.75) is 38.5 Å². The SMILES string of the molecule is CC1CC(N(C)C=O)C(C)O1. The fraction of sp³-hybridized carbons (Fsp3) is 0.875. The second kappa shape index (κ2) is 3.22. The first-order chi connectivity index (χ1) is 5.15. The number of carbonyl (C=O) groups is 1. The van der Waals surface area contributed by atoms with Crippen LogP contribution in [0.15, 0.2) is 0 Å². The highest BCUT2D eigenvalue weighted by atomic mass is 16.5. The molecule has 11 heavy (non-hydrogen) atoms. The number of hydrogen-bond donors (Lipinski definition) is 0. The van der Waals surface area contributed by atoms with Gasteiger partial charge in [-0.2, -0.15) is 0 Å². The van der Waals surface area contributed by atoms with Crippen LogP contribution >= 0.6 is 0 Å². The largest absolute Gasteiger partial charge is 0.373 e. The molecule has 0 saturated carbocycles. The van der Waals surface area contributed by atoms with E-state index in [9.17, 15) is 4.79 Å². The predicted octanol–water partition coefficient (Wildman–Crippen LogP) is 0.641. The second-order valence-electron chi connectivity index (χ2n) is 3.23. The lowest BCUT2D eigenvalue weighted by atomic mass is 10.1. The van der Waals surface area contributed by atoms with Crippen molar-refractivity contribution in [3.8, 4) is 0 Å². The zero-order valence-electron chi connectivity index (χ0n) is 7.28. The van der Waals surface area contributed by atoms with E-state index in [1.807, 2.05) is 13.8 Å². The summed E-state index contributed by atoms with van der Waals surface area (Å²) >= 11 is 0. The van der Waals surface area contributed by atoms with Gasteiger partial charge in [0.2, 0.25) is 6.41 Å². The van der Waals surface area contributed by atoms with Gasteiger partial charge in [0.15, 0.2) is 0 Å². The Morgan fingerprint density at radius 3 is 2.55 bits per heavy atom. The molecule has 0 N–H and O–H groups in total. The Kier molecular flexibility index (Phi) is 2.49. The van der Waals surface area contributed by atoms with Crippen LogP contribution in [0.2, 0.25) is 0 Å². The van der Waals surface area contributed by atoms with Gasteiger partial charge in [-0.1, -0.05) is 0 Å². The molecule has 1 fully saturated rings. The van der Waals surface area contributed by atoms with E-state index in [1.54, 1.807) is 11.9 Å². The molecule has 0 radical (unpaired) electrons. The van der Waals surface area contributed by atoms with Crippen LogP contribution in [-0.4, -0.2) is 36.6 Å². The van der Waals surface area contributed by atoms with E-state index in [4.69, 9.17) is 4.74 Å². The maximum absolute atomic E-state index is 10.4. The van der Waals surface area contributed by atoms with Crippen molar-refractivity contribution in [3.05, 3.63) is 0 Å². The Labute approximate surface area is 67.3 Å². The van der Waals surface area contributed by atoms with E-state index in [0.717, 1.165) is 12.8 Å². The zero-order chi connectivity index (χ0) is 8.43. The van der Waals surface area contributed by atoms with Crippen LogP contribution < -0.4 is 0 Å². The molecule has 64 valence electrons. The molecule has 0 aromatic heterocycles. The third-order valence-electron chi connectivity index (χ3n) is 2.25. The van der Waals surface area contributed by atoms with E-state index in [1.165, 1.54) is 0 Å². The first-order valence-corrected chi connectivity index (χ1v) is 3.98. The maximum Gasteiger partial charge on any atom is 0.209 e. The van der Waals surface area contributed by atoms with Gasteiger partial charge in [0.1, 0.15) is 0 Å². The Bertz CT molecular complexity index is 149. The lowest BCUT2D eigenvalue weighted by molar-refractivity contribution is -0.119. The molecule has 0 spiro atoms. The average Bonchev–Trinajstić information content (AvgIpc) is 2.28. The Balaban J connectivity index is 2.52. The van der Waals surface area contributed by atoms with Crippen molar-refractivity contribution in [1.29, 1.82) is 0 Å². The molecule has 0 aliphatic carbocycles. The molecule has 1 heterocycles. The van der Waals surface area contributed by atoms with Crippen LogP contribution in [0, 0.1) is 0 Å². The van der Waals surface area contributed by atoms with E-state index >= 15 is 0 Å². The summed E-state index contributed by atoms with van der Waals surface area (Å²) in [6.07, 6.45) is 2.29. The maximum atomic E-state index is 10.4. The van der Waals surface area contributed by atoms with Gasteiger partial charge in [0.05, 0.1) is 18.2 Å². The number of ether oxygens (including phenoxy) is 1. The molecule has 3 unspecified atom stereocenters. The number of nitrogens with zero attached hydrogens (tertiary/aromatic N) is 1. The summed E-state index contributed by atoms with van der Waals surface area (Å²) in [4.78, 5) is 12.1. The highest BCUT2D eigenvalue weighted by Crippen LogP contribution is 2.22. The molecule has 1 saturated heterocycles. The summed E-state index contributed by atoms with van der Waals surface area (Å²) in [5.74, 6) is 0. The van der Waals surface area contributed by atoms with Crippen molar-refractivity contribution in [2.75, 3.05) is 7.05 Å². The lowest BCUT2D eigenvalue weighted by Crippen LogP contribution is -2.35. The van der Waals surface area contributed by atoms with Crippen LogP contribution in [0.4, 0.5) is 0 Å². The van der Waals surface area contributed by atoms with E-state index < -0.39 is 0 Å². The van der Waals surface area contributed by atoms with Gasteiger partial charge in [0, 0.05) is 7.05 Å². The van der Waals surface area contributed by atoms with Crippen LogP contribution in [0.5, 0.6) is 0 Å². The smallest absolute Gasteiger partial charge is 0.209 e. The minimum Gasteiger partial charge on any atom is -0.373 e. The molecular weight excluding hydrogens is 142 g/mol. The van der Waals surface area contributed by atoms with Crippen LogP contribution in [0.25, 0.3) is 0 Å². The van der Waals surface area contributed by atoms with Gasteiger partial charge in [-0.25, -0.2) is 0 Å². The Morgan fingerprint density at radius 1 is 1.55 bits per heavy atom.